The number of nitrogens with zero attached hydrogens (tertiary/aromatic N) is 6. The molecule has 1 aromatic carbocycles. The molecule has 0 radical (unpaired) electrons. The van der Waals surface area contributed by atoms with Gasteiger partial charge in [0.05, 0.1) is 12.3 Å². The first-order valence-corrected chi connectivity index (χ1v) is 8.89. The molecule has 148 valence electrons. The molecule has 0 unspecified atom stereocenters. The molecule has 0 spiro atoms. The van der Waals surface area contributed by atoms with Crippen LogP contribution in [-0.4, -0.2) is 42.9 Å². The molecule has 2 heterocycles. The van der Waals surface area contributed by atoms with Crippen LogP contribution in [0.3, 0.4) is 0 Å². The number of carbonyl (C=O) groups excluding carboxylic acids is 1. The van der Waals surface area contributed by atoms with Crippen molar-refractivity contribution in [2.75, 3.05) is 12.3 Å². The van der Waals surface area contributed by atoms with Gasteiger partial charge in [0.1, 0.15) is 23.6 Å². The Balaban J connectivity index is 1.78. The van der Waals surface area contributed by atoms with Gasteiger partial charge in [0.2, 0.25) is 11.6 Å². The third-order valence-corrected chi connectivity index (χ3v) is 4.16. The van der Waals surface area contributed by atoms with Gasteiger partial charge in [-0.3, -0.25) is 0 Å². The highest BCUT2D eigenvalue weighted by molar-refractivity contribution is 5.89. The summed E-state index contributed by atoms with van der Waals surface area (Å²) in [7, 11) is 0. The molecule has 2 N–H and O–H groups in total. The van der Waals surface area contributed by atoms with Crippen molar-refractivity contribution < 1.29 is 18.7 Å². The SMILES string of the molecule is CCOC(=O)c1ncnnc1Oc1ccc(F)cc1-c1nnc(N)nc1C1CC1. The Hall–Kier alpha value is -3.76. The fourth-order valence-electron chi connectivity index (χ4n) is 2.74. The van der Waals surface area contributed by atoms with Crippen LogP contribution in [0.1, 0.15) is 41.9 Å². The van der Waals surface area contributed by atoms with Crippen molar-refractivity contribution >= 4 is 11.9 Å². The van der Waals surface area contributed by atoms with Crippen molar-refractivity contribution in [3.8, 4) is 22.9 Å². The van der Waals surface area contributed by atoms with Gasteiger partial charge in [-0.25, -0.2) is 19.2 Å². The lowest BCUT2D eigenvalue weighted by molar-refractivity contribution is 0.0514. The number of carbonyl (C=O) groups is 1. The molecule has 29 heavy (non-hydrogen) atoms. The third kappa shape index (κ3) is 3.93. The van der Waals surface area contributed by atoms with E-state index >= 15 is 0 Å². The van der Waals surface area contributed by atoms with Gasteiger partial charge in [0.15, 0.2) is 0 Å². The first-order chi connectivity index (χ1) is 14.1. The zero-order valence-corrected chi connectivity index (χ0v) is 15.4. The molecule has 2 aromatic heterocycles. The average Bonchev–Trinajstić information content (AvgIpc) is 3.55. The Morgan fingerprint density at radius 3 is 2.86 bits per heavy atom. The number of aromatic nitrogens is 6. The normalized spacial score (nSPS) is 13.2. The number of hydrogen-bond acceptors (Lipinski definition) is 10. The lowest BCUT2D eigenvalue weighted by atomic mass is 10.1. The number of nitrogen functional groups attached to an aromatic ring is 1. The number of halogens is 1. The maximum Gasteiger partial charge on any atom is 0.362 e. The van der Waals surface area contributed by atoms with E-state index in [2.05, 4.69) is 30.4 Å². The molecule has 0 atom stereocenters. The van der Waals surface area contributed by atoms with Crippen LogP contribution in [0, 0.1) is 5.82 Å². The Kier molecular flexibility index (Phi) is 4.94. The van der Waals surface area contributed by atoms with Crippen molar-refractivity contribution in [1.29, 1.82) is 0 Å². The van der Waals surface area contributed by atoms with Crippen LogP contribution in [0.15, 0.2) is 24.5 Å². The summed E-state index contributed by atoms with van der Waals surface area (Å²) in [4.78, 5) is 20.3. The zero-order valence-electron chi connectivity index (χ0n) is 15.4. The molecule has 4 rings (SSSR count). The molecule has 1 saturated carbocycles. The summed E-state index contributed by atoms with van der Waals surface area (Å²) in [6.07, 6.45) is 2.96. The summed E-state index contributed by atoms with van der Waals surface area (Å²) in [5.41, 5.74) is 6.80. The van der Waals surface area contributed by atoms with Crippen molar-refractivity contribution in [3.63, 3.8) is 0 Å². The molecule has 1 fully saturated rings. The smallest absolute Gasteiger partial charge is 0.362 e. The van der Waals surface area contributed by atoms with Gasteiger partial charge in [-0.2, -0.15) is 0 Å². The molecule has 0 amide bonds. The number of esters is 1. The van der Waals surface area contributed by atoms with E-state index in [-0.39, 0.29) is 35.8 Å². The second-order valence-corrected chi connectivity index (χ2v) is 6.25. The lowest BCUT2D eigenvalue weighted by Gasteiger charge is -2.13. The van der Waals surface area contributed by atoms with E-state index in [0.29, 0.717) is 17.0 Å². The Morgan fingerprint density at radius 2 is 2.10 bits per heavy atom. The van der Waals surface area contributed by atoms with Crippen LogP contribution in [-0.2, 0) is 4.74 Å². The van der Waals surface area contributed by atoms with Crippen LogP contribution in [0.25, 0.3) is 11.3 Å². The van der Waals surface area contributed by atoms with E-state index in [4.69, 9.17) is 15.2 Å². The Morgan fingerprint density at radius 1 is 1.28 bits per heavy atom. The number of rotatable bonds is 6. The summed E-state index contributed by atoms with van der Waals surface area (Å²) in [5.74, 6) is -1.00. The van der Waals surface area contributed by atoms with E-state index in [1.54, 1.807) is 6.92 Å². The molecule has 10 nitrogen and oxygen atoms in total. The predicted molar refractivity (Wildman–Crippen MR) is 97.5 cm³/mol. The molecule has 3 aromatic rings. The predicted octanol–water partition coefficient (Wildman–Crippen LogP) is 2.29. The summed E-state index contributed by atoms with van der Waals surface area (Å²) >= 11 is 0. The Labute approximate surface area is 164 Å². The number of nitrogens with two attached hydrogens (primary N) is 1. The topological polar surface area (TPSA) is 139 Å². The van der Waals surface area contributed by atoms with E-state index in [1.807, 2.05) is 0 Å². The minimum Gasteiger partial charge on any atom is -0.461 e. The summed E-state index contributed by atoms with van der Waals surface area (Å²) in [5, 5.41) is 15.4. The monoisotopic (exact) mass is 397 g/mol. The highest BCUT2D eigenvalue weighted by Crippen LogP contribution is 2.44. The second-order valence-electron chi connectivity index (χ2n) is 6.25. The summed E-state index contributed by atoms with van der Waals surface area (Å²) in [6.45, 7) is 1.82. The van der Waals surface area contributed by atoms with Crippen molar-refractivity contribution in [1.82, 2.24) is 30.4 Å². The van der Waals surface area contributed by atoms with Crippen LogP contribution in [0.2, 0.25) is 0 Å². The number of ether oxygens (including phenoxy) is 2. The third-order valence-electron chi connectivity index (χ3n) is 4.16. The van der Waals surface area contributed by atoms with E-state index in [9.17, 15) is 9.18 Å². The molecule has 1 aliphatic carbocycles. The van der Waals surface area contributed by atoms with Gasteiger partial charge in [-0.1, -0.05) is 0 Å². The molecule has 0 bridgehead atoms. The largest absolute Gasteiger partial charge is 0.461 e. The van der Waals surface area contributed by atoms with Crippen LogP contribution >= 0.6 is 0 Å². The Bertz CT molecular complexity index is 1080. The van der Waals surface area contributed by atoms with E-state index in [0.717, 1.165) is 19.2 Å². The van der Waals surface area contributed by atoms with Gasteiger partial charge >= 0.3 is 5.97 Å². The minimum absolute atomic E-state index is 0.0391. The molecular weight excluding hydrogens is 381 g/mol. The van der Waals surface area contributed by atoms with Gasteiger partial charge in [-0.05, 0) is 38.0 Å². The van der Waals surface area contributed by atoms with Gasteiger partial charge in [0.25, 0.3) is 5.88 Å². The maximum absolute atomic E-state index is 14.0. The number of anilines is 1. The van der Waals surface area contributed by atoms with Crippen LogP contribution in [0.5, 0.6) is 11.6 Å². The molecular formula is C18H16FN7O3. The van der Waals surface area contributed by atoms with Gasteiger partial charge < -0.3 is 15.2 Å². The van der Waals surface area contributed by atoms with Gasteiger partial charge in [0, 0.05) is 11.5 Å². The molecule has 11 heteroatoms. The zero-order chi connectivity index (χ0) is 20.4. The van der Waals surface area contributed by atoms with Crippen molar-refractivity contribution in [3.05, 3.63) is 41.7 Å². The highest BCUT2D eigenvalue weighted by Gasteiger charge is 2.31. The number of hydrogen-bond donors (Lipinski definition) is 1. The fraction of sp³-hybridized carbons (Fsp3) is 0.278. The molecule has 0 aliphatic heterocycles. The molecule has 1 aliphatic rings. The van der Waals surface area contributed by atoms with Crippen LogP contribution < -0.4 is 10.5 Å². The highest BCUT2D eigenvalue weighted by atomic mass is 19.1. The van der Waals surface area contributed by atoms with Crippen molar-refractivity contribution in [2.45, 2.75) is 25.7 Å². The fourth-order valence-corrected chi connectivity index (χ4v) is 2.74. The maximum atomic E-state index is 14.0. The van der Waals surface area contributed by atoms with E-state index in [1.165, 1.54) is 18.2 Å². The quantitative estimate of drug-likeness (QED) is 0.616. The average molecular weight is 397 g/mol. The van der Waals surface area contributed by atoms with Gasteiger partial charge in [-0.15, -0.1) is 20.4 Å². The first kappa shape index (κ1) is 18.6. The second kappa shape index (κ2) is 7.70. The minimum atomic E-state index is -0.714. The van der Waals surface area contributed by atoms with Crippen molar-refractivity contribution in [2.24, 2.45) is 0 Å². The number of benzene rings is 1. The summed E-state index contributed by atoms with van der Waals surface area (Å²) in [6, 6.07) is 3.85. The molecule has 0 saturated heterocycles. The first-order valence-electron chi connectivity index (χ1n) is 8.89. The standard InChI is InChI=1S/C18H16FN7O3/c1-2-28-17(27)15-16(25-22-8-21-15)29-12-6-5-10(19)7-11(12)14-13(9-3-4-9)23-18(20)26-24-14/h5-9H,2-4H2,1H3,(H2,20,23,26). The lowest BCUT2D eigenvalue weighted by Crippen LogP contribution is -2.11. The van der Waals surface area contributed by atoms with E-state index < -0.39 is 11.8 Å². The summed E-state index contributed by atoms with van der Waals surface area (Å²) < 4.78 is 24.8. The van der Waals surface area contributed by atoms with Crippen LogP contribution in [0.4, 0.5) is 10.3 Å².